The highest BCUT2D eigenvalue weighted by Crippen LogP contribution is 2.37. The van der Waals surface area contributed by atoms with E-state index >= 15 is 0 Å². The molecule has 0 saturated carbocycles. The summed E-state index contributed by atoms with van der Waals surface area (Å²) in [6, 6.07) is 0. The lowest BCUT2D eigenvalue weighted by atomic mass is 9.78. The predicted molar refractivity (Wildman–Crippen MR) is 64.5 cm³/mol. The van der Waals surface area contributed by atoms with E-state index in [1.807, 2.05) is 4.52 Å². The fourth-order valence-corrected chi connectivity index (χ4v) is 3.59. The van der Waals surface area contributed by atoms with Gasteiger partial charge in [0, 0.05) is 5.41 Å². The van der Waals surface area contributed by atoms with Crippen molar-refractivity contribution < 1.29 is 0 Å². The molecular weight excluding hydrogens is 274 g/mol. The highest BCUT2D eigenvalue weighted by atomic mass is 79.9. The standard InChI is InChI=1S/C10H12BrN3S/c1-10(2)5-3-4-6-7(10)12-9-14(6)13-8(11)15-9/h3-5H2,1-2H3. The van der Waals surface area contributed by atoms with Gasteiger partial charge in [0.1, 0.15) is 0 Å². The van der Waals surface area contributed by atoms with Crippen molar-refractivity contribution in [1.82, 2.24) is 14.6 Å². The van der Waals surface area contributed by atoms with Gasteiger partial charge in [-0.2, -0.15) is 0 Å². The Labute approximate surface area is 101 Å². The number of hydrogen-bond acceptors (Lipinski definition) is 3. The van der Waals surface area contributed by atoms with Crippen LogP contribution in [0, 0.1) is 0 Å². The summed E-state index contributed by atoms with van der Waals surface area (Å²) in [4.78, 5) is 5.73. The lowest BCUT2D eigenvalue weighted by Gasteiger charge is -2.28. The molecule has 0 saturated heterocycles. The second-order valence-corrected chi connectivity index (χ2v) is 6.93. The zero-order chi connectivity index (χ0) is 10.6. The largest absolute Gasteiger partial charge is 0.222 e. The molecule has 0 atom stereocenters. The molecule has 0 radical (unpaired) electrons. The lowest BCUT2D eigenvalue weighted by Crippen LogP contribution is -2.24. The fourth-order valence-electron chi connectivity index (χ4n) is 2.35. The van der Waals surface area contributed by atoms with E-state index in [1.54, 1.807) is 11.3 Å². The van der Waals surface area contributed by atoms with E-state index in [2.05, 4.69) is 34.9 Å². The number of aryl methyl sites for hydroxylation is 1. The molecule has 0 spiro atoms. The van der Waals surface area contributed by atoms with Crippen LogP contribution in [0.2, 0.25) is 0 Å². The highest BCUT2D eigenvalue weighted by molar-refractivity contribution is 9.11. The van der Waals surface area contributed by atoms with E-state index < -0.39 is 0 Å². The summed E-state index contributed by atoms with van der Waals surface area (Å²) in [5.74, 6) is 0. The zero-order valence-corrected chi connectivity index (χ0v) is 11.2. The van der Waals surface area contributed by atoms with Crippen molar-refractivity contribution in [1.29, 1.82) is 0 Å². The summed E-state index contributed by atoms with van der Waals surface area (Å²) in [7, 11) is 0. The summed E-state index contributed by atoms with van der Waals surface area (Å²) in [5, 5.41) is 4.44. The van der Waals surface area contributed by atoms with Gasteiger partial charge in [-0.15, -0.1) is 5.10 Å². The van der Waals surface area contributed by atoms with Gasteiger partial charge in [0.25, 0.3) is 0 Å². The van der Waals surface area contributed by atoms with E-state index in [0.29, 0.717) is 0 Å². The first-order valence-corrected chi connectivity index (χ1v) is 6.73. The van der Waals surface area contributed by atoms with Crippen molar-refractivity contribution in [3.05, 3.63) is 15.3 Å². The number of halogens is 1. The Morgan fingerprint density at radius 3 is 3.07 bits per heavy atom. The number of aromatic nitrogens is 3. The van der Waals surface area contributed by atoms with Crippen LogP contribution >= 0.6 is 27.3 Å². The summed E-state index contributed by atoms with van der Waals surface area (Å²) in [6.07, 6.45) is 3.57. The molecule has 2 aromatic rings. The van der Waals surface area contributed by atoms with E-state index in [4.69, 9.17) is 4.98 Å². The maximum absolute atomic E-state index is 4.72. The normalized spacial score (nSPS) is 19.4. The molecule has 5 heteroatoms. The van der Waals surface area contributed by atoms with Gasteiger partial charge < -0.3 is 0 Å². The van der Waals surface area contributed by atoms with Crippen molar-refractivity contribution in [2.24, 2.45) is 0 Å². The zero-order valence-electron chi connectivity index (χ0n) is 8.75. The van der Waals surface area contributed by atoms with E-state index in [-0.39, 0.29) is 5.41 Å². The van der Waals surface area contributed by atoms with Gasteiger partial charge in [0.2, 0.25) is 4.96 Å². The van der Waals surface area contributed by atoms with Crippen molar-refractivity contribution in [2.75, 3.05) is 0 Å². The summed E-state index contributed by atoms with van der Waals surface area (Å²) in [6.45, 7) is 4.55. The molecule has 80 valence electrons. The molecule has 0 bridgehead atoms. The van der Waals surface area contributed by atoms with E-state index in [1.165, 1.54) is 24.2 Å². The average molecular weight is 286 g/mol. The van der Waals surface area contributed by atoms with Crippen LogP contribution in [0.25, 0.3) is 4.96 Å². The summed E-state index contributed by atoms with van der Waals surface area (Å²) >= 11 is 5.01. The molecule has 0 unspecified atom stereocenters. The Morgan fingerprint density at radius 2 is 2.27 bits per heavy atom. The first kappa shape index (κ1) is 9.78. The topological polar surface area (TPSA) is 30.2 Å². The van der Waals surface area contributed by atoms with Crippen LogP contribution in [-0.2, 0) is 11.8 Å². The minimum atomic E-state index is 0.216. The van der Waals surface area contributed by atoms with Crippen LogP contribution in [0.1, 0.15) is 38.1 Å². The van der Waals surface area contributed by atoms with Crippen LogP contribution in [0.4, 0.5) is 0 Å². The Balaban J connectivity index is 2.31. The molecule has 0 amide bonds. The minimum absolute atomic E-state index is 0.216. The SMILES string of the molecule is CC1(C)CCCc2c1nc1sc(Br)nn21. The van der Waals surface area contributed by atoms with Crippen molar-refractivity contribution in [3.63, 3.8) is 0 Å². The summed E-state index contributed by atoms with van der Waals surface area (Å²) < 4.78 is 2.92. The first-order chi connectivity index (χ1) is 7.08. The second kappa shape index (κ2) is 3.04. The number of imidazole rings is 1. The third-order valence-corrected chi connectivity index (χ3v) is 4.47. The third-order valence-electron chi connectivity index (χ3n) is 3.13. The third kappa shape index (κ3) is 1.36. The first-order valence-electron chi connectivity index (χ1n) is 5.12. The smallest absolute Gasteiger partial charge is 0.213 e. The van der Waals surface area contributed by atoms with Gasteiger partial charge in [-0.05, 0) is 35.2 Å². The van der Waals surface area contributed by atoms with Crippen molar-refractivity contribution in [3.8, 4) is 0 Å². The number of rotatable bonds is 0. The monoisotopic (exact) mass is 285 g/mol. The number of fused-ring (bicyclic) bond motifs is 3. The fraction of sp³-hybridized carbons (Fsp3) is 0.600. The molecule has 15 heavy (non-hydrogen) atoms. The molecule has 1 aliphatic rings. The molecule has 0 fully saturated rings. The van der Waals surface area contributed by atoms with Crippen molar-refractivity contribution in [2.45, 2.75) is 38.5 Å². The van der Waals surface area contributed by atoms with Crippen LogP contribution in [-0.4, -0.2) is 14.6 Å². The van der Waals surface area contributed by atoms with Crippen molar-refractivity contribution >= 4 is 32.2 Å². The lowest BCUT2D eigenvalue weighted by molar-refractivity contribution is 0.416. The Kier molecular flexibility index (Phi) is 1.98. The minimum Gasteiger partial charge on any atom is -0.222 e. The van der Waals surface area contributed by atoms with Crippen LogP contribution in [0.15, 0.2) is 3.92 Å². The average Bonchev–Trinajstić information content (AvgIpc) is 2.62. The quantitative estimate of drug-likeness (QED) is 0.744. The predicted octanol–water partition coefficient (Wildman–Crippen LogP) is 3.17. The maximum Gasteiger partial charge on any atom is 0.213 e. The molecule has 1 aliphatic carbocycles. The van der Waals surface area contributed by atoms with Crippen LogP contribution in [0.5, 0.6) is 0 Å². The summed E-state index contributed by atoms with van der Waals surface area (Å²) in [5.41, 5.74) is 2.77. The van der Waals surface area contributed by atoms with E-state index in [9.17, 15) is 0 Å². The number of nitrogens with zero attached hydrogens (tertiary/aromatic N) is 3. The molecule has 0 aliphatic heterocycles. The van der Waals surface area contributed by atoms with Gasteiger partial charge in [-0.25, -0.2) is 9.50 Å². The molecule has 3 nitrogen and oxygen atoms in total. The Bertz CT molecular complexity index is 526. The number of hydrogen-bond donors (Lipinski definition) is 0. The molecule has 2 aromatic heterocycles. The van der Waals surface area contributed by atoms with Crippen LogP contribution < -0.4 is 0 Å². The van der Waals surface area contributed by atoms with Gasteiger partial charge in [-0.3, -0.25) is 0 Å². The Morgan fingerprint density at radius 1 is 1.47 bits per heavy atom. The van der Waals surface area contributed by atoms with Gasteiger partial charge in [0.05, 0.1) is 11.4 Å². The molecule has 3 rings (SSSR count). The Hall–Kier alpha value is -0.420. The molecule has 0 N–H and O–H groups in total. The van der Waals surface area contributed by atoms with Gasteiger partial charge >= 0.3 is 0 Å². The molecular formula is C10H12BrN3S. The maximum atomic E-state index is 4.72. The van der Waals surface area contributed by atoms with E-state index in [0.717, 1.165) is 15.3 Å². The highest BCUT2D eigenvalue weighted by Gasteiger charge is 2.32. The van der Waals surface area contributed by atoms with Gasteiger partial charge in [0.15, 0.2) is 3.92 Å². The second-order valence-electron chi connectivity index (χ2n) is 4.69. The molecule has 2 heterocycles. The molecule has 0 aromatic carbocycles. The van der Waals surface area contributed by atoms with Crippen LogP contribution in [0.3, 0.4) is 0 Å². The van der Waals surface area contributed by atoms with Gasteiger partial charge in [-0.1, -0.05) is 25.2 Å².